The van der Waals surface area contributed by atoms with Gasteiger partial charge in [0.25, 0.3) is 0 Å². The summed E-state index contributed by atoms with van der Waals surface area (Å²) in [4.78, 5) is 6.84. The maximum Gasteiger partial charge on any atom is 0.100 e. The summed E-state index contributed by atoms with van der Waals surface area (Å²) in [7, 11) is 2.17. The Kier molecular flexibility index (Phi) is 3.77. The van der Waals surface area contributed by atoms with E-state index in [2.05, 4.69) is 57.2 Å². The Morgan fingerprint density at radius 3 is 3.00 bits per heavy atom. The van der Waals surface area contributed by atoms with E-state index in [1.807, 2.05) is 24.5 Å². The summed E-state index contributed by atoms with van der Waals surface area (Å²) in [5.41, 5.74) is 4.89. The van der Waals surface area contributed by atoms with E-state index in [0.29, 0.717) is 11.6 Å². The summed E-state index contributed by atoms with van der Waals surface area (Å²) in [5, 5.41) is 12.5. The van der Waals surface area contributed by atoms with Crippen molar-refractivity contribution in [1.29, 1.82) is 5.26 Å². The first-order valence-corrected chi connectivity index (χ1v) is 8.15. The van der Waals surface area contributed by atoms with E-state index in [0.717, 1.165) is 36.4 Å². The van der Waals surface area contributed by atoms with Crippen molar-refractivity contribution in [2.75, 3.05) is 26.7 Å². The highest BCUT2D eigenvalue weighted by Crippen LogP contribution is 2.25. The summed E-state index contributed by atoms with van der Waals surface area (Å²) >= 11 is 0. The fourth-order valence-corrected chi connectivity index (χ4v) is 3.35. The highest BCUT2D eigenvalue weighted by molar-refractivity contribution is 5.78. The standard InChI is InChI=1S/C19H19N5/c1-23-8-7-21-12-19(23)15-3-2-4-16(10-15)24-13-22-17-9-14(11-20)5-6-18(17)24/h2-6,9-10,13,19,21H,7-8,12H2,1H3. The van der Waals surface area contributed by atoms with E-state index in [-0.39, 0.29) is 0 Å². The highest BCUT2D eigenvalue weighted by Gasteiger charge is 2.20. The number of benzene rings is 2. The van der Waals surface area contributed by atoms with Crippen molar-refractivity contribution in [2.45, 2.75) is 6.04 Å². The molecule has 1 N–H and O–H groups in total. The van der Waals surface area contributed by atoms with Gasteiger partial charge in [-0.2, -0.15) is 5.26 Å². The third-order valence-corrected chi connectivity index (χ3v) is 4.72. The Morgan fingerprint density at radius 2 is 2.17 bits per heavy atom. The van der Waals surface area contributed by atoms with Gasteiger partial charge in [-0.25, -0.2) is 4.98 Å². The maximum absolute atomic E-state index is 9.03. The molecule has 3 aromatic rings. The Bertz CT molecular complexity index is 921. The van der Waals surface area contributed by atoms with Gasteiger partial charge in [-0.1, -0.05) is 12.1 Å². The van der Waals surface area contributed by atoms with Gasteiger partial charge in [0.2, 0.25) is 0 Å². The van der Waals surface area contributed by atoms with Gasteiger partial charge in [0.15, 0.2) is 0 Å². The third-order valence-electron chi connectivity index (χ3n) is 4.72. The second-order valence-electron chi connectivity index (χ2n) is 6.23. The lowest BCUT2D eigenvalue weighted by Gasteiger charge is -2.33. The van der Waals surface area contributed by atoms with Crippen molar-refractivity contribution in [3.05, 3.63) is 59.9 Å². The second-order valence-corrected chi connectivity index (χ2v) is 6.23. The number of imidazole rings is 1. The summed E-state index contributed by atoms with van der Waals surface area (Å²) in [6.07, 6.45) is 1.83. The molecule has 2 heterocycles. The van der Waals surface area contributed by atoms with Gasteiger partial charge in [-0.05, 0) is 42.9 Å². The van der Waals surface area contributed by atoms with E-state index in [9.17, 15) is 0 Å². The fraction of sp³-hybridized carbons (Fsp3) is 0.263. The number of nitrogens with one attached hydrogen (secondary N) is 1. The number of hydrogen-bond donors (Lipinski definition) is 1. The van der Waals surface area contributed by atoms with Gasteiger partial charge in [-0.3, -0.25) is 9.47 Å². The van der Waals surface area contributed by atoms with E-state index in [4.69, 9.17) is 5.26 Å². The zero-order valence-corrected chi connectivity index (χ0v) is 13.6. The molecule has 5 heteroatoms. The Labute approximate surface area is 141 Å². The topological polar surface area (TPSA) is 56.9 Å². The van der Waals surface area contributed by atoms with Gasteiger partial charge in [0, 0.05) is 31.4 Å². The normalized spacial score (nSPS) is 18.6. The van der Waals surface area contributed by atoms with Gasteiger partial charge < -0.3 is 5.32 Å². The SMILES string of the molecule is CN1CCNCC1c1cccc(-n2cnc3cc(C#N)ccc32)c1. The highest BCUT2D eigenvalue weighted by atomic mass is 15.2. The van der Waals surface area contributed by atoms with Crippen LogP contribution in [0.15, 0.2) is 48.8 Å². The number of likely N-dealkylation sites (N-methyl/N-ethyl adjacent to an activating group) is 1. The van der Waals surface area contributed by atoms with E-state index < -0.39 is 0 Å². The van der Waals surface area contributed by atoms with Crippen LogP contribution in [-0.4, -0.2) is 41.1 Å². The molecule has 1 fully saturated rings. The molecule has 0 amide bonds. The Balaban J connectivity index is 1.75. The van der Waals surface area contributed by atoms with E-state index >= 15 is 0 Å². The van der Waals surface area contributed by atoms with Crippen LogP contribution in [0.4, 0.5) is 0 Å². The summed E-state index contributed by atoms with van der Waals surface area (Å²) in [5.74, 6) is 0. The minimum atomic E-state index is 0.388. The number of rotatable bonds is 2. The zero-order chi connectivity index (χ0) is 16.5. The van der Waals surface area contributed by atoms with Crippen LogP contribution in [0.5, 0.6) is 0 Å². The number of nitriles is 1. The van der Waals surface area contributed by atoms with Crippen molar-refractivity contribution in [1.82, 2.24) is 19.8 Å². The summed E-state index contributed by atoms with van der Waals surface area (Å²) in [6, 6.07) is 16.8. The van der Waals surface area contributed by atoms with Crippen LogP contribution < -0.4 is 5.32 Å². The Morgan fingerprint density at radius 1 is 1.25 bits per heavy atom. The molecule has 1 unspecified atom stereocenters. The number of aromatic nitrogens is 2. The first-order chi connectivity index (χ1) is 11.8. The number of fused-ring (bicyclic) bond motifs is 1. The van der Waals surface area contributed by atoms with Crippen molar-refractivity contribution in [3.63, 3.8) is 0 Å². The van der Waals surface area contributed by atoms with Gasteiger partial charge in [-0.15, -0.1) is 0 Å². The van der Waals surface area contributed by atoms with Crippen molar-refractivity contribution >= 4 is 11.0 Å². The average Bonchev–Trinajstić information content (AvgIpc) is 3.05. The van der Waals surface area contributed by atoms with Crippen LogP contribution >= 0.6 is 0 Å². The molecule has 1 atom stereocenters. The molecule has 1 aromatic heterocycles. The van der Waals surface area contributed by atoms with Crippen molar-refractivity contribution in [2.24, 2.45) is 0 Å². The molecule has 2 aromatic carbocycles. The molecule has 1 saturated heterocycles. The molecule has 4 rings (SSSR count). The maximum atomic E-state index is 9.03. The van der Waals surface area contributed by atoms with Gasteiger partial charge in [0.05, 0.1) is 22.7 Å². The first-order valence-electron chi connectivity index (χ1n) is 8.15. The van der Waals surface area contributed by atoms with Gasteiger partial charge >= 0.3 is 0 Å². The van der Waals surface area contributed by atoms with Crippen LogP contribution in [0.3, 0.4) is 0 Å². The number of piperazine rings is 1. The molecule has 1 aliphatic heterocycles. The molecule has 0 saturated carbocycles. The van der Waals surface area contributed by atoms with Crippen LogP contribution in [0.1, 0.15) is 17.2 Å². The zero-order valence-electron chi connectivity index (χ0n) is 13.6. The van der Waals surface area contributed by atoms with Crippen molar-refractivity contribution < 1.29 is 0 Å². The van der Waals surface area contributed by atoms with Gasteiger partial charge in [0.1, 0.15) is 6.33 Å². The molecule has 0 radical (unpaired) electrons. The van der Waals surface area contributed by atoms with E-state index in [1.165, 1.54) is 5.56 Å². The minimum Gasteiger partial charge on any atom is -0.314 e. The van der Waals surface area contributed by atoms with Crippen molar-refractivity contribution in [3.8, 4) is 11.8 Å². The molecule has 120 valence electrons. The van der Waals surface area contributed by atoms with Crippen LogP contribution in [0, 0.1) is 11.3 Å². The summed E-state index contributed by atoms with van der Waals surface area (Å²) in [6.45, 7) is 3.07. The average molecular weight is 317 g/mol. The molecular weight excluding hydrogens is 298 g/mol. The lowest BCUT2D eigenvalue weighted by atomic mass is 10.0. The predicted octanol–water partition coefficient (Wildman–Crippen LogP) is 2.47. The fourth-order valence-electron chi connectivity index (χ4n) is 3.35. The second kappa shape index (κ2) is 6.08. The quantitative estimate of drug-likeness (QED) is 0.789. The smallest absolute Gasteiger partial charge is 0.100 e. The molecule has 0 aliphatic carbocycles. The molecule has 24 heavy (non-hydrogen) atoms. The van der Waals surface area contributed by atoms with E-state index in [1.54, 1.807) is 0 Å². The third kappa shape index (κ3) is 2.56. The van der Waals surface area contributed by atoms with Crippen LogP contribution in [0.2, 0.25) is 0 Å². The number of nitrogens with zero attached hydrogens (tertiary/aromatic N) is 4. The molecule has 1 aliphatic rings. The predicted molar refractivity (Wildman–Crippen MR) is 94.0 cm³/mol. The minimum absolute atomic E-state index is 0.388. The van der Waals surface area contributed by atoms with Crippen LogP contribution in [-0.2, 0) is 0 Å². The molecule has 5 nitrogen and oxygen atoms in total. The molecule has 0 bridgehead atoms. The largest absolute Gasteiger partial charge is 0.314 e. The summed E-state index contributed by atoms with van der Waals surface area (Å²) < 4.78 is 2.08. The lowest BCUT2D eigenvalue weighted by molar-refractivity contribution is 0.202. The van der Waals surface area contributed by atoms with Crippen LogP contribution in [0.25, 0.3) is 16.7 Å². The molecular formula is C19H19N5. The number of hydrogen-bond acceptors (Lipinski definition) is 4. The molecule has 0 spiro atoms. The first kappa shape index (κ1) is 14.9. The Hall–Kier alpha value is -2.68. The lowest BCUT2D eigenvalue weighted by Crippen LogP contribution is -2.43. The monoisotopic (exact) mass is 317 g/mol.